The van der Waals surface area contributed by atoms with Gasteiger partial charge in [0.25, 0.3) is 0 Å². The Morgan fingerprint density at radius 3 is 1.31 bits per heavy atom. The normalized spacial score (nSPS) is 15.1. The van der Waals surface area contributed by atoms with Gasteiger partial charge in [-0.25, -0.2) is 0 Å². The predicted molar refractivity (Wildman–Crippen MR) is 154 cm³/mol. The molecule has 2 fully saturated rings. The van der Waals surface area contributed by atoms with Crippen LogP contribution < -0.4 is 7.16 Å². The van der Waals surface area contributed by atoms with Crippen molar-refractivity contribution in [2.24, 2.45) is 0 Å². The molecule has 0 unspecified atom stereocenters. The first-order chi connectivity index (χ1) is 16.8. The number of likely N-dealkylation sites (N-methyl/N-ethyl adjacent to an activating group) is 2. The predicted octanol–water partition coefficient (Wildman–Crippen LogP) is 1.59. The van der Waals surface area contributed by atoms with E-state index in [1.54, 1.807) is 9.80 Å². The molecule has 188 valence electrons. The van der Waals surface area contributed by atoms with Crippen molar-refractivity contribution in [2.75, 3.05) is 53.6 Å². The molecular formula is C24H30N2O4S4Sn. The van der Waals surface area contributed by atoms with Crippen molar-refractivity contribution in [2.45, 2.75) is 12.6 Å². The van der Waals surface area contributed by atoms with Gasteiger partial charge in [0.1, 0.15) is 0 Å². The van der Waals surface area contributed by atoms with Gasteiger partial charge in [-0.05, 0) is 0 Å². The maximum atomic E-state index is 5.20. The topological polar surface area (TPSA) is 43.4 Å². The van der Waals surface area contributed by atoms with E-state index in [4.69, 9.17) is 68.6 Å². The molecule has 2 aromatic rings. The van der Waals surface area contributed by atoms with Gasteiger partial charge in [-0.3, -0.25) is 0 Å². The van der Waals surface area contributed by atoms with Crippen LogP contribution in [0, 0.1) is 0 Å². The van der Waals surface area contributed by atoms with E-state index in [1.165, 1.54) is 7.16 Å². The summed E-state index contributed by atoms with van der Waals surface area (Å²) in [5, 5.41) is 0. The van der Waals surface area contributed by atoms with Gasteiger partial charge in [0.2, 0.25) is 0 Å². The van der Waals surface area contributed by atoms with Gasteiger partial charge in [-0.2, -0.15) is 0 Å². The van der Waals surface area contributed by atoms with E-state index in [0.717, 1.165) is 0 Å². The van der Waals surface area contributed by atoms with Crippen LogP contribution in [-0.2, 0) is 44.2 Å². The average Bonchev–Trinajstić information content (AvgIpc) is 3.56. The van der Waals surface area contributed by atoms with Crippen molar-refractivity contribution in [3.63, 3.8) is 0 Å². The first-order valence-electron chi connectivity index (χ1n) is 11.0. The van der Waals surface area contributed by atoms with Crippen LogP contribution in [0.25, 0.3) is 0 Å². The number of benzene rings is 2. The zero-order chi connectivity index (χ0) is 25.5. The van der Waals surface area contributed by atoms with Gasteiger partial charge >= 0.3 is 89.0 Å². The van der Waals surface area contributed by atoms with Crippen LogP contribution in [0.15, 0.2) is 60.7 Å². The Kier molecular flexibility index (Phi) is 15.4. The fourth-order valence-electron chi connectivity index (χ4n) is 2.83. The molecule has 0 radical (unpaired) electrons. The Morgan fingerprint density at radius 2 is 1.03 bits per heavy atom. The molecule has 6 nitrogen and oxygen atoms in total. The number of ether oxygens (including phenoxy) is 4. The van der Waals surface area contributed by atoms with Crippen molar-refractivity contribution in [1.29, 1.82) is 0 Å². The summed E-state index contributed by atoms with van der Waals surface area (Å²) in [7, 11) is 3.67. The summed E-state index contributed by atoms with van der Waals surface area (Å²) < 4.78 is 24.8. The van der Waals surface area contributed by atoms with E-state index in [9.17, 15) is 0 Å². The number of nitrogens with zero attached hydrogens (tertiary/aromatic N) is 2. The summed E-state index contributed by atoms with van der Waals surface area (Å²) >= 11 is 18.6. The molecule has 2 aliphatic heterocycles. The van der Waals surface area contributed by atoms with Crippen LogP contribution in [-0.4, -0.2) is 106 Å². The minimum atomic E-state index is -0.517. The summed E-state index contributed by atoms with van der Waals surface area (Å²) in [5.41, 5.74) is 0. The van der Waals surface area contributed by atoms with Crippen LogP contribution in [0.2, 0.25) is 0 Å². The quantitative estimate of drug-likeness (QED) is 0.260. The van der Waals surface area contributed by atoms with Gasteiger partial charge in [0.05, 0.1) is 39.5 Å². The first-order valence-corrected chi connectivity index (χ1v) is 15.5. The van der Waals surface area contributed by atoms with E-state index < -0.39 is 21.1 Å². The zero-order valence-corrected chi connectivity index (χ0v) is 26.0. The summed E-state index contributed by atoms with van der Waals surface area (Å²) in [5.74, 6) is 0. The molecular weight excluding hydrogens is 627 g/mol. The Hall–Kier alpha value is -0.701. The Balaban J connectivity index is 0.000000186. The van der Waals surface area contributed by atoms with Gasteiger partial charge in [-0.15, -0.1) is 0 Å². The molecule has 2 heterocycles. The molecule has 35 heavy (non-hydrogen) atoms. The Morgan fingerprint density at radius 1 is 0.714 bits per heavy atom. The second kappa shape index (κ2) is 17.7. The molecule has 0 spiro atoms. The van der Waals surface area contributed by atoms with E-state index in [1.807, 2.05) is 14.1 Å². The zero-order valence-electron chi connectivity index (χ0n) is 19.8. The molecule has 4 rings (SSSR count). The second-order valence-electron chi connectivity index (χ2n) is 7.49. The molecule has 0 atom stereocenters. The van der Waals surface area contributed by atoms with Crippen molar-refractivity contribution < 1.29 is 18.9 Å². The van der Waals surface area contributed by atoms with Gasteiger partial charge in [-0.1, -0.05) is 8.64 Å². The van der Waals surface area contributed by atoms with Gasteiger partial charge < -0.3 is 78.4 Å². The van der Waals surface area contributed by atoms with Gasteiger partial charge in [0.15, 0.2) is 12.6 Å². The van der Waals surface area contributed by atoms with E-state index in [0.29, 0.717) is 48.2 Å². The SMILES string of the molecule is CN(CC1OCCO1)C(=S)[S-].CN(CC1OCCO1)C(=S)[S-].c1cc[c]([Sn+2][c]2ccccc2)cc1. The molecule has 2 aromatic carbocycles. The molecule has 0 aliphatic carbocycles. The standard InChI is InChI=1S/2C6H11NO2S2.2C6H5.Sn/c2*1-7(6(10)11)4-5-8-2-3-9-5;2*1-2-4-6-5-3-1;/h2*5H,2-4H2,1H3,(H,10,11);2*1-5H;/q;;;;+2/p-2. The Labute approximate surface area is 240 Å². The maximum absolute atomic E-state index is 5.20. The summed E-state index contributed by atoms with van der Waals surface area (Å²) in [6.45, 7) is 3.93. The van der Waals surface area contributed by atoms with Crippen LogP contribution in [0.4, 0.5) is 0 Å². The number of hydrogen-bond donors (Lipinski definition) is 0. The minimum absolute atomic E-state index is 0.152. The molecule has 0 bridgehead atoms. The number of hydrogen-bond acceptors (Lipinski definition) is 8. The van der Waals surface area contributed by atoms with Gasteiger partial charge in [0, 0.05) is 14.1 Å². The third kappa shape index (κ3) is 13.4. The van der Waals surface area contributed by atoms with Crippen LogP contribution >= 0.6 is 24.4 Å². The number of rotatable bonds is 6. The van der Waals surface area contributed by atoms with Crippen LogP contribution in [0.1, 0.15) is 0 Å². The van der Waals surface area contributed by atoms with Crippen LogP contribution in [0.5, 0.6) is 0 Å². The van der Waals surface area contributed by atoms with Crippen molar-refractivity contribution >= 4 is 86.6 Å². The summed E-state index contributed by atoms with van der Waals surface area (Å²) in [4.78, 5) is 3.53. The first kappa shape index (κ1) is 30.5. The average molecular weight is 657 g/mol. The monoisotopic (exact) mass is 658 g/mol. The molecule has 0 aromatic heterocycles. The second-order valence-corrected chi connectivity index (χ2v) is 13.6. The molecule has 11 heteroatoms. The fourth-order valence-corrected chi connectivity index (χ4v) is 6.13. The number of thiocarbonyl (C=S) groups is 2. The Bertz CT molecular complexity index is 799. The van der Waals surface area contributed by atoms with E-state index in [-0.39, 0.29) is 12.6 Å². The third-order valence-corrected chi connectivity index (χ3v) is 9.48. The molecule has 2 saturated heterocycles. The van der Waals surface area contributed by atoms with Crippen molar-refractivity contribution in [3.8, 4) is 0 Å². The molecule has 0 N–H and O–H groups in total. The summed E-state index contributed by atoms with van der Waals surface area (Å²) in [6, 6.07) is 21.6. The molecule has 0 amide bonds. The van der Waals surface area contributed by atoms with Crippen molar-refractivity contribution in [3.05, 3.63) is 60.7 Å². The summed E-state index contributed by atoms with van der Waals surface area (Å²) in [6.07, 6.45) is -0.304. The van der Waals surface area contributed by atoms with E-state index in [2.05, 4.69) is 60.7 Å². The third-order valence-electron chi connectivity index (χ3n) is 4.69. The van der Waals surface area contributed by atoms with E-state index >= 15 is 0 Å². The van der Waals surface area contributed by atoms with Crippen molar-refractivity contribution in [1.82, 2.24) is 9.80 Å². The molecule has 0 saturated carbocycles. The molecule has 2 aliphatic rings. The van der Waals surface area contributed by atoms with Crippen LogP contribution in [0.3, 0.4) is 0 Å². The fraction of sp³-hybridized carbons (Fsp3) is 0.417.